The number of alkyl halides is 4. The molecule has 0 aromatic heterocycles. The van der Waals surface area contributed by atoms with E-state index < -0.39 is 41.3 Å². The Bertz CT molecular complexity index is 451. The number of rotatable bonds is 4. The molecule has 0 amide bonds. The minimum absolute atomic E-state index is 0.374. The topological polar surface area (TPSA) is 87.0 Å². The quantitative estimate of drug-likeness (QED) is 0.729. The fourth-order valence-corrected chi connectivity index (χ4v) is 1.07. The molecule has 0 atom stereocenters. The standard InChI is InChI=1S/C9H6F4O5/c10-8(11)9(12,13)18-3-1-4(14)6(7(16)17)5(15)2-3/h1-2,8,14-15H,(H,16,17). The average molecular weight is 270 g/mol. The summed E-state index contributed by atoms with van der Waals surface area (Å²) in [6.45, 7) is 0. The summed E-state index contributed by atoms with van der Waals surface area (Å²) in [7, 11) is 0. The number of phenols is 2. The molecule has 9 heteroatoms. The van der Waals surface area contributed by atoms with E-state index in [0.29, 0.717) is 12.1 Å². The molecular weight excluding hydrogens is 264 g/mol. The van der Waals surface area contributed by atoms with Crippen LogP contribution >= 0.6 is 0 Å². The van der Waals surface area contributed by atoms with E-state index >= 15 is 0 Å². The van der Waals surface area contributed by atoms with Crippen LogP contribution in [0, 0.1) is 0 Å². The average Bonchev–Trinajstić information content (AvgIpc) is 2.13. The Morgan fingerprint density at radius 2 is 1.67 bits per heavy atom. The zero-order valence-corrected chi connectivity index (χ0v) is 8.40. The van der Waals surface area contributed by atoms with Gasteiger partial charge in [0.2, 0.25) is 0 Å². The molecular formula is C9H6F4O5. The third-order valence-corrected chi connectivity index (χ3v) is 1.79. The molecule has 0 aliphatic rings. The van der Waals surface area contributed by atoms with E-state index in [-0.39, 0.29) is 0 Å². The van der Waals surface area contributed by atoms with Crippen LogP contribution in [-0.4, -0.2) is 33.8 Å². The normalized spacial score (nSPS) is 11.6. The van der Waals surface area contributed by atoms with Gasteiger partial charge in [-0.2, -0.15) is 17.6 Å². The molecule has 0 unspecified atom stereocenters. The summed E-state index contributed by atoms with van der Waals surface area (Å²) in [4.78, 5) is 10.5. The summed E-state index contributed by atoms with van der Waals surface area (Å²) in [5, 5.41) is 26.8. The molecule has 0 heterocycles. The smallest absolute Gasteiger partial charge is 0.461 e. The third kappa shape index (κ3) is 2.73. The molecule has 0 aliphatic carbocycles. The van der Waals surface area contributed by atoms with Crippen molar-refractivity contribution in [3.05, 3.63) is 17.7 Å². The number of ether oxygens (including phenoxy) is 1. The van der Waals surface area contributed by atoms with Crippen molar-refractivity contribution < 1.29 is 42.4 Å². The maximum Gasteiger partial charge on any atom is 0.461 e. The first-order valence-electron chi connectivity index (χ1n) is 4.29. The van der Waals surface area contributed by atoms with E-state index in [1.165, 1.54) is 0 Å². The van der Waals surface area contributed by atoms with Crippen LogP contribution < -0.4 is 4.74 Å². The lowest BCUT2D eigenvalue weighted by Gasteiger charge is -2.17. The molecule has 0 bridgehead atoms. The van der Waals surface area contributed by atoms with E-state index in [9.17, 15) is 22.4 Å². The van der Waals surface area contributed by atoms with Crippen LogP contribution in [0.5, 0.6) is 17.2 Å². The first-order valence-corrected chi connectivity index (χ1v) is 4.29. The van der Waals surface area contributed by atoms with Gasteiger partial charge in [0.05, 0.1) is 0 Å². The van der Waals surface area contributed by atoms with Crippen LogP contribution in [0.4, 0.5) is 17.6 Å². The monoisotopic (exact) mass is 270 g/mol. The molecule has 3 N–H and O–H groups in total. The predicted molar refractivity (Wildman–Crippen MR) is 48.3 cm³/mol. The Kier molecular flexibility index (Phi) is 3.54. The number of carbonyl (C=O) groups is 1. The fraction of sp³-hybridized carbons (Fsp3) is 0.222. The van der Waals surface area contributed by atoms with Gasteiger partial charge in [0, 0.05) is 12.1 Å². The zero-order chi connectivity index (χ0) is 14.1. The Balaban J connectivity index is 3.12. The van der Waals surface area contributed by atoms with Crippen molar-refractivity contribution >= 4 is 5.97 Å². The number of carboxylic acid groups (broad SMARTS) is 1. The summed E-state index contributed by atoms with van der Waals surface area (Å²) in [5.41, 5.74) is -0.956. The number of benzene rings is 1. The van der Waals surface area contributed by atoms with Crippen molar-refractivity contribution in [1.29, 1.82) is 0 Å². The van der Waals surface area contributed by atoms with Crippen molar-refractivity contribution in [2.75, 3.05) is 0 Å². The van der Waals surface area contributed by atoms with E-state index in [4.69, 9.17) is 15.3 Å². The van der Waals surface area contributed by atoms with E-state index in [1.54, 1.807) is 0 Å². The van der Waals surface area contributed by atoms with Crippen LogP contribution in [-0.2, 0) is 0 Å². The highest BCUT2D eigenvalue weighted by molar-refractivity contribution is 5.94. The minimum atomic E-state index is -4.83. The second kappa shape index (κ2) is 4.59. The zero-order valence-electron chi connectivity index (χ0n) is 8.40. The van der Waals surface area contributed by atoms with Crippen molar-refractivity contribution in [1.82, 2.24) is 0 Å². The van der Waals surface area contributed by atoms with E-state index in [0.717, 1.165) is 0 Å². The first kappa shape index (κ1) is 13.9. The first-order chi connectivity index (χ1) is 8.15. The van der Waals surface area contributed by atoms with Gasteiger partial charge in [-0.1, -0.05) is 0 Å². The van der Waals surface area contributed by atoms with Gasteiger partial charge in [-0.05, 0) is 0 Å². The molecule has 1 rings (SSSR count). The molecule has 0 saturated carbocycles. The highest BCUT2D eigenvalue weighted by atomic mass is 19.3. The van der Waals surface area contributed by atoms with Crippen LogP contribution in [0.1, 0.15) is 10.4 Å². The molecule has 0 aliphatic heterocycles. The largest absolute Gasteiger partial charge is 0.507 e. The van der Waals surface area contributed by atoms with Crippen molar-refractivity contribution in [3.8, 4) is 17.2 Å². The highest BCUT2D eigenvalue weighted by Gasteiger charge is 2.44. The Morgan fingerprint density at radius 1 is 1.22 bits per heavy atom. The van der Waals surface area contributed by atoms with Gasteiger partial charge in [-0.15, -0.1) is 0 Å². The van der Waals surface area contributed by atoms with Crippen LogP contribution in [0.2, 0.25) is 0 Å². The third-order valence-electron chi connectivity index (χ3n) is 1.79. The van der Waals surface area contributed by atoms with Gasteiger partial charge in [0.1, 0.15) is 22.8 Å². The summed E-state index contributed by atoms with van der Waals surface area (Å²) >= 11 is 0. The lowest BCUT2D eigenvalue weighted by Crippen LogP contribution is -2.33. The van der Waals surface area contributed by atoms with Crippen LogP contribution in [0.25, 0.3) is 0 Å². The minimum Gasteiger partial charge on any atom is -0.507 e. The molecule has 0 fully saturated rings. The number of hydrogen-bond acceptors (Lipinski definition) is 4. The number of halogens is 4. The van der Waals surface area contributed by atoms with Gasteiger partial charge >= 0.3 is 18.5 Å². The highest BCUT2D eigenvalue weighted by Crippen LogP contribution is 2.35. The molecule has 1 aromatic rings. The summed E-state index contributed by atoms with van der Waals surface area (Å²) in [6, 6.07) is 0.749. The van der Waals surface area contributed by atoms with Gasteiger partial charge in [0.25, 0.3) is 0 Å². The lowest BCUT2D eigenvalue weighted by molar-refractivity contribution is -0.253. The number of aromatic hydroxyl groups is 2. The number of aromatic carboxylic acids is 1. The second-order valence-electron chi connectivity index (χ2n) is 3.11. The SMILES string of the molecule is O=C(O)c1c(O)cc(OC(F)(F)C(F)F)cc1O. The van der Waals surface area contributed by atoms with Gasteiger partial charge in [0.15, 0.2) is 0 Å². The molecule has 0 spiro atoms. The maximum atomic E-state index is 12.5. The molecule has 100 valence electrons. The Morgan fingerprint density at radius 3 is 2.00 bits per heavy atom. The van der Waals surface area contributed by atoms with Crippen LogP contribution in [0.3, 0.4) is 0 Å². The van der Waals surface area contributed by atoms with Gasteiger partial charge in [-0.25, -0.2) is 4.79 Å². The second-order valence-corrected chi connectivity index (χ2v) is 3.11. The number of carboxylic acids is 1. The molecule has 18 heavy (non-hydrogen) atoms. The number of hydrogen-bond donors (Lipinski definition) is 3. The van der Waals surface area contributed by atoms with E-state index in [2.05, 4.69) is 4.74 Å². The van der Waals surface area contributed by atoms with Crippen molar-refractivity contribution in [2.24, 2.45) is 0 Å². The molecule has 1 aromatic carbocycles. The Hall–Kier alpha value is -2.19. The van der Waals surface area contributed by atoms with Crippen LogP contribution in [0.15, 0.2) is 12.1 Å². The summed E-state index contributed by atoms with van der Waals surface area (Å²) in [6.07, 6.45) is -8.95. The van der Waals surface area contributed by atoms with Crippen molar-refractivity contribution in [2.45, 2.75) is 12.5 Å². The van der Waals surface area contributed by atoms with Gasteiger partial charge < -0.3 is 20.1 Å². The van der Waals surface area contributed by atoms with Crippen molar-refractivity contribution in [3.63, 3.8) is 0 Å². The lowest BCUT2D eigenvalue weighted by atomic mass is 10.1. The molecule has 0 radical (unpaired) electrons. The van der Waals surface area contributed by atoms with Gasteiger partial charge in [-0.3, -0.25) is 0 Å². The molecule has 5 nitrogen and oxygen atoms in total. The summed E-state index contributed by atoms with van der Waals surface area (Å²) in [5.74, 6) is -4.91. The molecule has 0 saturated heterocycles. The Labute approximate surface area is 96.8 Å². The summed E-state index contributed by atoms with van der Waals surface area (Å²) < 4.78 is 52.2. The van der Waals surface area contributed by atoms with E-state index in [1.807, 2.05) is 0 Å². The predicted octanol–water partition coefficient (Wildman–Crippen LogP) is 2.03. The fourth-order valence-electron chi connectivity index (χ4n) is 1.07. The maximum absolute atomic E-state index is 12.5.